The minimum absolute atomic E-state index is 0.0414. The first-order chi connectivity index (χ1) is 13.7. The van der Waals surface area contributed by atoms with E-state index in [0.717, 1.165) is 0 Å². The molecule has 2 aliphatic heterocycles. The fourth-order valence-corrected chi connectivity index (χ4v) is 3.53. The SMILES string of the molecule is O=C(c1cccnc1)N1CC(n2cnc3c(O)nc(N4CCOCC4)nc32)C1. The molecule has 0 spiro atoms. The quantitative estimate of drug-likeness (QED) is 0.697. The van der Waals surface area contributed by atoms with Crippen molar-refractivity contribution in [2.45, 2.75) is 6.04 Å². The number of carbonyl (C=O) groups is 1. The molecule has 0 radical (unpaired) electrons. The second-order valence-electron chi connectivity index (χ2n) is 6.88. The van der Waals surface area contributed by atoms with E-state index in [9.17, 15) is 9.90 Å². The lowest BCUT2D eigenvalue weighted by Gasteiger charge is -2.39. The molecule has 0 aliphatic carbocycles. The van der Waals surface area contributed by atoms with Crippen LogP contribution in [0.5, 0.6) is 5.88 Å². The fourth-order valence-electron chi connectivity index (χ4n) is 3.53. The van der Waals surface area contributed by atoms with Gasteiger partial charge in [0.25, 0.3) is 5.91 Å². The van der Waals surface area contributed by atoms with Gasteiger partial charge in [-0.25, -0.2) is 4.98 Å². The molecular weight excluding hydrogens is 362 g/mol. The van der Waals surface area contributed by atoms with Crippen LogP contribution < -0.4 is 4.90 Å². The van der Waals surface area contributed by atoms with Crippen molar-refractivity contribution in [1.29, 1.82) is 0 Å². The molecule has 28 heavy (non-hydrogen) atoms. The van der Waals surface area contributed by atoms with Crippen LogP contribution in [0, 0.1) is 0 Å². The third-order valence-corrected chi connectivity index (χ3v) is 5.14. The van der Waals surface area contributed by atoms with E-state index in [1.807, 2.05) is 9.47 Å². The molecule has 0 saturated carbocycles. The molecule has 144 valence electrons. The van der Waals surface area contributed by atoms with Gasteiger partial charge in [-0.3, -0.25) is 9.78 Å². The van der Waals surface area contributed by atoms with Crippen LogP contribution in [0.4, 0.5) is 5.95 Å². The summed E-state index contributed by atoms with van der Waals surface area (Å²) in [5.74, 6) is 0.297. The number of imidazole rings is 1. The largest absolute Gasteiger partial charge is 0.492 e. The number of ether oxygens (including phenoxy) is 1. The highest BCUT2D eigenvalue weighted by Gasteiger charge is 2.34. The summed E-state index contributed by atoms with van der Waals surface area (Å²) in [6.45, 7) is 3.67. The van der Waals surface area contributed by atoms with E-state index < -0.39 is 0 Å². The molecule has 0 atom stereocenters. The number of pyridine rings is 1. The second-order valence-corrected chi connectivity index (χ2v) is 6.88. The highest BCUT2D eigenvalue weighted by molar-refractivity contribution is 5.94. The number of carbonyl (C=O) groups excluding carboxylic acids is 1. The predicted molar refractivity (Wildman–Crippen MR) is 99.2 cm³/mol. The Morgan fingerprint density at radius 3 is 2.79 bits per heavy atom. The molecule has 10 heteroatoms. The van der Waals surface area contributed by atoms with Crippen LogP contribution in [0.15, 0.2) is 30.9 Å². The van der Waals surface area contributed by atoms with Crippen molar-refractivity contribution in [3.05, 3.63) is 36.4 Å². The number of hydrogen-bond acceptors (Lipinski definition) is 8. The zero-order chi connectivity index (χ0) is 19.1. The van der Waals surface area contributed by atoms with Crippen molar-refractivity contribution in [3.63, 3.8) is 0 Å². The van der Waals surface area contributed by atoms with Crippen molar-refractivity contribution in [1.82, 2.24) is 29.4 Å². The van der Waals surface area contributed by atoms with Gasteiger partial charge in [0.05, 0.1) is 31.1 Å². The molecular formula is C18H19N7O3. The van der Waals surface area contributed by atoms with Gasteiger partial charge in [0.15, 0.2) is 11.2 Å². The van der Waals surface area contributed by atoms with Gasteiger partial charge in [0.1, 0.15) is 0 Å². The van der Waals surface area contributed by atoms with Gasteiger partial charge >= 0.3 is 0 Å². The maximum atomic E-state index is 12.5. The van der Waals surface area contributed by atoms with Gasteiger partial charge in [-0.2, -0.15) is 9.97 Å². The summed E-state index contributed by atoms with van der Waals surface area (Å²) in [4.78, 5) is 33.3. The lowest BCUT2D eigenvalue weighted by atomic mass is 10.1. The van der Waals surface area contributed by atoms with Crippen molar-refractivity contribution in [2.24, 2.45) is 0 Å². The Kier molecular flexibility index (Phi) is 4.05. The number of likely N-dealkylation sites (tertiary alicyclic amines) is 1. The Morgan fingerprint density at radius 1 is 1.21 bits per heavy atom. The van der Waals surface area contributed by atoms with Gasteiger partial charge in [-0.05, 0) is 12.1 Å². The topological polar surface area (TPSA) is 110 Å². The standard InChI is InChI=1S/C18H19N7O3/c26-16-14-15(21-18(22-16)23-4-6-28-7-5-23)25(11-20-14)13-9-24(10-13)17(27)12-2-1-3-19-8-12/h1-3,8,11,13H,4-7,9-10H2,(H,21,22,26). The van der Waals surface area contributed by atoms with E-state index in [4.69, 9.17) is 4.74 Å². The van der Waals surface area contributed by atoms with Gasteiger partial charge in [-0.15, -0.1) is 0 Å². The smallest absolute Gasteiger partial charge is 0.255 e. The summed E-state index contributed by atoms with van der Waals surface area (Å²) in [6.07, 6.45) is 4.87. The number of rotatable bonds is 3. The molecule has 5 heterocycles. The number of morpholine rings is 1. The molecule has 2 fully saturated rings. The number of fused-ring (bicyclic) bond motifs is 1. The van der Waals surface area contributed by atoms with Crippen molar-refractivity contribution < 1.29 is 14.6 Å². The van der Waals surface area contributed by atoms with Crippen LogP contribution in [0.3, 0.4) is 0 Å². The zero-order valence-electron chi connectivity index (χ0n) is 15.1. The Balaban J connectivity index is 1.38. The van der Waals surface area contributed by atoms with Crippen LogP contribution in [-0.2, 0) is 4.74 Å². The van der Waals surface area contributed by atoms with Gasteiger partial charge in [-0.1, -0.05) is 0 Å². The summed E-state index contributed by atoms with van der Waals surface area (Å²) in [5.41, 5.74) is 1.52. The Labute approximate surface area is 160 Å². The number of anilines is 1. The molecule has 2 saturated heterocycles. The number of aromatic nitrogens is 5. The molecule has 5 rings (SSSR count). The van der Waals surface area contributed by atoms with E-state index >= 15 is 0 Å². The maximum Gasteiger partial charge on any atom is 0.255 e. The molecule has 1 amide bonds. The van der Waals surface area contributed by atoms with E-state index in [1.54, 1.807) is 35.8 Å². The molecule has 0 unspecified atom stereocenters. The van der Waals surface area contributed by atoms with Gasteiger partial charge < -0.3 is 24.2 Å². The molecule has 1 N–H and O–H groups in total. The number of hydrogen-bond donors (Lipinski definition) is 1. The third kappa shape index (κ3) is 2.82. The van der Waals surface area contributed by atoms with E-state index in [-0.39, 0.29) is 17.8 Å². The summed E-state index contributed by atoms with van der Waals surface area (Å²) in [6, 6.07) is 3.56. The van der Waals surface area contributed by atoms with E-state index in [2.05, 4.69) is 19.9 Å². The van der Waals surface area contributed by atoms with Crippen LogP contribution in [0.2, 0.25) is 0 Å². The minimum Gasteiger partial charge on any atom is -0.492 e. The zero-order valence-corrected chi connectivity index (χ0v) is 15.1. The summed E-state index contributed by atoms with van der Waals surface area (Å²) >= 11 is 0. The summed E-state index contributed by atoms with van der Waals surface area (Å²) in [5, 5.41) is 10.3. The molecule has 3 aromatic rings. The first-order valence-electron chi connectivity index (χ1n) is 9.16. The third-order valence-electron chi connectivity index (χ3n) is 5.14. The number of nitrogens with zero attached hydrogens (tertiary/aromatic N) is 7. The Hall–Kier alpha value is -3.27. The van der Waals surface area contributed by atoms with Crippen LogP contribution in [0.25, 0.3) is 11.2 Å². The van der Waals surface area contributed by atoms with Crippen molar-refractivity contribution >= 4 is 23.0 Å². The monoisotopic (exact) mass is 381 g/mol. The Bertz CT molecular complexity index is 1010. The second kappa shape index (κ2) is 6.71. The van der Waals surface area contributed by atoms with E-state index in [0.29, 0.717) is 62.1 Å². The molecule has 0 bridgehead atoms. The average Bonchev–Trinajstić information content (AvgIpc) is 3.12. The fraction of sp³-hybridized carbons (Fsp3) is 0.389. The first kappa shape index (κ1) is 16.9. The normalized spacial score (nSPS) is 17.7. The first-order valence-corrected chi connectivity index (χ1v) is 9.16. The average molecular weight is 381 g/mol. The lowest BCUT2D eigenvalue weighted by Crippen LogP contribution is -2.50. The van der Waals surface area contributed by atoms with Gasteiger partial charge in [0, 0.05) is 38.6 Å². The summed E-state index contributed by atoms with van der Waals surface area (Å²) < 4.78 is 7.27. The maximum absolute atomic E-state index is 12.5. The molecule has 10 nitrogen and oxygen atoms in total. The van der Waals surface area contributed by atoms with E-state index in [1.165, 1.54) is 0 Å². The van der Waals surface area contributed by atoms with Crippen LogP contribution in [0.1, 0.15) is 16.4 Å². The number of aromatic hydroxyl groups is 1. The molecule has 0 aromatic carbocycles. The minimum atomic E-state index is -0.132. The van der Waals surface area contributed by atoms with Crippen LogP contribution >= 0.6 is 0 Å². The molecule has 3 aromatic heterocycles. The van der Waals surface area contributed by atoms with Crippen molar-refractivity contribution in [2.75, 3.05) is 44.3 Å². The molecule has 2 aliphatic rings. The Morgan fingerprint density at radius 2 is 2.04 bits per heavy atom. The predicted octanol–water partition coefficient (Wildman–Crippen LogP) is 0.461. The number of amides is 1. The lowest BCUT2D eigenvalue weighted by molar-refractivity contribution is 0.0525. The summed E-state index contributed by atoms with van der Waals surface area (Å²) in [7, 11) is 0. The highest BCUT2D eigenvalue weighted by atomic mass is 16.5. The highest BCUT2D eigenvalue weighted by Crippen LogP contribution is 2.30. The van der Waals surface area contributed by atoms with Crippen molar-refractivity contribution in [3.8, 4) is 5.88 Å². The van der Waals surface area contributed by atoms with Crippen LogP contribution in [-0.4, -0.2) is 79.8 Å². The van der Waals surface area contributed by atoms with Gasteiger partial charge in [0.2, 0.25) is 11.8 Å².